The van der Waals surface area contributed by atoms with Gasteiger partial charge in [-0.15, -0.1) is 0 Å². The highest BCUT2D eigenvalue weighted by Gasteiger charge is 2.04. The molecule has 0 aliphatic heterocycles. The first-order valence-corrected chi connectivity index (χ1v) is 5.72. The third kappa shape index (κ3) is 3.33. The number of halogens is 1. The van der Waals surface area contributed by atoms with Crippen LogP contribution in [-0.4, -0.2) is 5.37 Å². The van der Waals surface area contributed by atoms with Gasteiger partial charge in [-0.05, 0) is 35.2 Å². The van der Waals surface area contributed by atoms with Crippen molar-refractivity contribution in [2.24, 2.45) is 0 Å². The summed E-state index contributed by atoms with van der Waals surface area (Å²) in [6.45, 7) is 0. The average molecular weight is 246 g/mol. The fourth-order valence-corrected chi connectivity index (χ4v) is 1.82. The highest BCUT2D eigenvalue weighted by Crippen LogP contribution is 2.19. The van der Waals surface area contributed by atoms with Gasteiger partial charge < -0.3 is 5.32 Å². The molecule has 0 bridgehead atoms. The van der Waals surface area contributed by atoms with E-state index in [1.165, 1.54) is 5.56 Å². The lowest BCUT2D eigenvalue weighted by Crippen LogP contribution is -2.04. The van der Waals surface area contributed by atoms with Gasteiger partial charge >= 0.3 is 5.37 Å². The van der Waals surface area contributed by atoms with Crippen LogP contribution in [-0.2, 0) is 6.42 Å². The summed E-state index contributed by atoms with van der Waals surface area (Å²) in [6.07, 6.45) is 0.772. The van der Waals surface area contributed by atoms with Crippen LogP contribution >= 0.6 is 11.6 Å². The number of para-hydroxylation sites is 1. The van der Waals surface area contributed by atoms with E-state index in [4.69, 9.17) is 11.6 Å². The van der Waals surface area contributed by atoms with Crippen LogP contribution in [0, 0.1) is 0 Å². The van der Waals surface area contributed by atoms with Gasteiger partial charge in [0.25, 0.3) is 0 Å². The molecule has 0 aromatic heterocycles. The minimum Gasteiger partial charge on any atom is -0.312 e. The Morgan fingerprint density at radius 2 is 1.65 bits per heavy atom. The number of anilines is 1. The van der Waals surface area contributed by atoms with Gasteiger partial charge in [0.15, 0.2) is 0 Å². The molecule has 0 heterocycles. The normalized spacial score (nSPS) is 9.94. The summed E-state index contributed by atoms with van der Waals surface area (Å²) in [6, 6.07) is 17.7. The van der Waals surface area contributed by atoms with Gasteiger partial charge in [-0.25, -0.2) is 0 Å². The van der Waals surface area contributed by atoms with Crippen molar-refractivity contribution in [2.45, 2.75) is 6.42 Å². The van der Waals surface area contributed by atoms with Crippen molar-refractivity contribution in [3.63, 3.8) is 0 Å². The lowest BCUT2D eigenvalue weighted by Gasteiger charge is -2.08. The van der Waals surface area contributed by atoms with E-state index in [0.29, 0.717) is 0 Å². The maximum atomic E-state index is 10.9. The van der Waals surface area contributed by atoms with E-state index in [1.54, 1.807) is 0 Å². The molecule has 0 aliphatic carbocycles. The molecule has 2 aromatic carbocycles. The molecule has 0 atom stereocenters. The Bertz CT molecular complexity index is 511. The maximum absolute atomic E-state index is 10.9. The van der Waals surface area contributed by atoms with Crippen LogP contribution in [0.3, 0.4) is 0 Å². The third-order valence-corrected chi connectivity index (χ3v) is 2.58. The number of rotatable bonds is 3. The van der Waals surface area contributed by atoms with E-state index in [0.717, 1.165) is 17.7 Å². The predicted molar refractivity (Wildman–Crippen MR) is 70.6 cm³/mol. The largest absolute Gasteiger partial charge is 0.318 e. The number of hydrogen-bond donors (Lipinski definition) is 1. The topological polar surface area (TPSA) is 29.1 Å². The number of hydrogen-bond acceptors (Lipinski definition) is 1. The van der Waals surface area contributed by atoms with E-state index in [-0.39, 0.29) is 0 Å². The zero-order valence-electron chi connectivity index (χ0n) is 9.19. The van der Waals surface area contributed by atoms with Crippen LogP contribution in [0.25, 0.3) is 0 Å². The van der Waals surface area contributed by atoms with E-state index >= 15 is 0 Å². The molecule has 0 saturated heterocycles. The van der Waals surface area contributed by atoms with E-state index < -0.39 is 5.37 Å². The lowest BCUT2D eigenvalue weighted by molar-refractivity contribution is 0.269. The molecular formula is C14H12ClNO. The fourth-order valence-electron chi connectivity index (χ4n) is 1.72. The van der Waals surface area contributed by atoms with E-state index in [9.17, 15) is 4.79 Å². The van der Waals surface area contributed by atoms with Crippen molar-refractivity contribution in [1.82, 2.24) is 0 Å². The molecule has 0 radical (unpaired) electrons. The van der Waals surface area contributed by atoms with Crippen LogP contribution in [0.5, 0.6) is 0 Å². The molecule has 2 nitrogen and oxygen atoms in total. The molecular weight excluding hydrogens is 234 g/mol. The highest BCUT2D eigenvalue weighted by atomic mass is 35.5. The smallest absolute Gasteiger partial charge is 0.312 e. The molecule has 0 unspecified atom stereocenters. The van der Waals surface area contributed by atoms with Crippen molar-refractivity contribution < 1.29 is 4.79 Å². The van der Waals surface area contributed by atoms with Gasteiger partial charge in [0.2, 0.25) is 0 Å². The molecule has 1 N–H and O–H groups in total. The summed E-state index contributed by atoms with van der Waals surface area (Å²) in [4.78, 5) is 10.9. The van der Waals surface area contributed by atoms with Crippen LogP contribution in [0.4, 0.5) is 10.5 Å². The van der Waals surface area contributed by atoms with Crippen molar-refractivity contribution in [3.8, 4) is 0 Å². The number of carbonyl (C=O) groups is 1. The number of benzene rings is 2. The summed E-state index contributed by atoms with van der Waals surface area (Å²) in [5, 5.41) is 2.06. The molecule has 0 fully saturated rings. The first kappa shape index (κ1) is 11.7. The van der Waals surface area contributed by atoms with Crippen molar-refractivity contribution in [2.75, 3.05) is 5.32 Å². The van der Waals surface area contributed by atoms with Gasteiger partial charge in [-0.2, -0.15) is 0 Å². The zero-order valence-corrected chi connectivity index (χ0v) is 9.95. The second-order valence-corrected chi connectivity index (χ2v) is 4.06. The highest BCUT2D eigenvalue weighted by molar-refractivity contribution is 6.65. The standard InChI is InChI=1S/C14H12ClNO/c15-14(17)16-13-9-5-4-8-12(13)10-11-6-2-1-3-7-11/h1-9H,10H2,(H,16,17). The quantitative estimate of drug-likeness (QED) is 0.642. The van der Waals surface area contributed by atoms with Crippen molar-refractivity contribution in [1.29, 1.82) is 0 Å². The molecule has 3 heteroatoms. The number of amides is 1. The van der Waals surface area contributed by atoms with Crippen molar-refractivity contribution in [3.05, 3.63) is 65.7 Å². The second-order valence-electron chi connectivity index (χ2n) is 3.72. The molecule has 0 spiro atoms. The molecule has 0 aliphatic rings. The van der Waals surface area contributed by atoms with Crippen LogP contribution < -0.4 is 5.32 Å². The average Bonchev–Trinajstić information content (AvgIpc) is 2.32. The fraction of sp³-hybridized carbons (Fsp3) is 0.0714. The first-order valence-electron chi connectivity index (χ1n) is 5.34. The molecule has 2 aromatic rings. The van der Waals surface area contributed by atoms with Crippen LogP contribution in [0.2, 0.25) is 0 Å². The summed E-state index contributed by atoms with van der Waals surface area (Å²) >= 11 is 5.34. The summed E-state index contributed by atoms with van der Waals surface area (Å²) in [5.74, 6) is 0. The minimum absolute atomic E-state index is 0.564. The van der Waals surface area contributed by atoms with Crippen LogP contribution in [0.15, 0.2) is 54.6 Å². The predicted octanol–water partition coefficient (Wildman–Crippen LogP) is 4.05. The Balaban J connectivity index is 2.23. The molecule has 17 heavy (non-hydrogen) atoms. The van der Waals surface area contributed by atoms with Gasteiger partial charge in [-0.3, -0.25) is 4.79 Å². The van der Waals surface area contributed by atoms with Gasteiger partial charge in [0.1, 0.15) is 0 Å². The Morgan fingerprint density at radius 1 is 1.00 bits per heavy atom. The lowest BCUT2D eigenvalue weighted by atomic mass is 10.0. The summed E-state index contributed by atoms with van der Waals surface area (Å²) < 4.78 is 0. The summed E-state index contributed by atoms with van der Waals surface area (Å²) in [7, 11) is 0. The minimum atomic E-state index is -0.564. The Labute approximate surface area is 105 Å². The Hall–Kier alpha value is -1.80. The van der Waals surface area contributed by atoms with Crippen molar-refractivity contribution >= 4 is 22.7 Å². The molecule has 1 amide bonds. The maximum Gasteiger partial charge on any atom is 0.318 e. The van der Waals surface area contributed by atoms with E-state index in [2.05, 4.69) is 17.4 Å². The SMILES string of the molecule is O=C(Cl)Nc1ccccc1Cc1ccccc1. The van der Waals surface area contributed by atoms with Gasteiger partial charge in [-0.1, -0.05) is 48.5 Å². The van der Waals surface area contributed by atoms with Gasteiger partial charge in [0, 0.05) is 5.69 Å². The first-order chi connectivity index (χ1) is 8.25. The Kier molecular flexibility index (Phi) is 3.78. The number of carbonyl (C=O) groups excluding carboxylic acids is 1. The summed E-state index contributed by atoms with van der Waals surface area (Å²) in [5.41, 5.74) is 3.01. The van der Waals surface area contributed by atoms with Gasteiger partial charge in [0.05, 0.1) is 0 Å². The number of nitrogens with one attached hydrogen (secondary N) is 1. The Morgan fingerprint density at radius 3 is 2.35 bits per heavy atom. The second kappa shape index (κ2) is 5.51. The third-order valence-electron chi connectivity index (χ3n) is 2.49. The molecule has 2 rings (SSSR count). The van der Waals surface area contributed by atoms with Crippen LogP contribution in [0.1, 0.15) is 11.1 Å². The zero-order chi connectivity index (χ0) is 12.1. The molecule has 0 saturated carbocycles. The monoisotopic (exact) mass is 245 g/mol. The van der Waals surface area contributed by atoms with E-state index in [1.807, 2.05) is 42.5 Å². The molecule has 86 valence electrons.